The molecule has 0 atom stereocenters. The van der Waals surface area contributed by atoms with Gasteiger partial charge in [0.25, 0.3) is 17.6 Å². The highest BCUT2D eigenvalue weighted by atomic mass is 16.6. The van der Waals surface area contributed by atoms with Crippen LogP contribution in [0.25, 0.3) is 0 Å². The van der Waals surface area contributed by atoms with Gasteiger partial charge in [-0.05, 0) is 12.1 Å². The lowest BCUT2D eigenvalue weighted by Crippen LogP contribution is -2.33. The van der Waals surface area contributed by atoms with Crippen molar-refractivity contribution in [2.24, 2.45) is 0 Å². The summed E-state index contributed by atoms with van der Waals surface area (Å²) < 4.78 is 42.9. The van der Waals surface area contributed by atoms with E-state index in [0.29, 0.717) is 90.4 Å². The zero-order chi connectivity index (χ0) is 32.0. The zero-order valence-electron chi connectivity index (χ0n) is 25.4. The van der Waals surface area contributed by atoms with Crippen LogP contribution in [-0.2, 0) is 42.7 Å². The molecule has 1 heterocycles. The molecule has 3 rings (SSSR count). The Morgan fingerprint density at radius 1 is 0.467 bits per heavy atom. The summed E-state index contributed by atoms with van der Waals surface area (Å²) in [7, 11) is 0. The Morgan fingerprint density at radius 3 is 1.24 bits per heavy atom. The SMILES string of the molecule is O=C(OCCOCCOCCOCCOCCOCCOCCOCCN1C(=O)c2ccccc2C1=O)C(=O)c1ccccc1. The minimum absolute atomic E-state index is 0.0121. The van der Waals surface area contributed by atoms with Gasteiger partial charge in [0.15, 0.2) is 0 Å². The van der Waals surface area contributed by atoms with E-state index in [1.54, 1.807) is 54.6 Å². The number of benzene rings is 2. The fourth-order valence-corrected chi connectivity index (χ4v) is 3.99. The predicted octanol–water partition coefficient (Wildman–Crippen LogP) is 1.82. The summed E-state index contributed by atoms with van der Waals surface area (Å²) in [6.45, 7) is 5.44. The largest absolute Gasteiger partial charge is 0.457 e. The van der Waals surface area contributed by atoms with E-state index in [-0.39, 0.29) is 43.7 Å². The van der Waals surface area contributed by atoms with Crippen LogP contribution < -0.4 is 0 Å². The molecule has 0 bridgehead atoms. The zero-order valence-corrected chi connectivity index (χ0v) is 25.4. The van der Waals surface area contributed by atoms with Crippen LogP contribution in [0.3, 0.4) is 0 Å². The standard InChI is InChI=1S/C32H41NO12/c34-29(26-6-2-1-3-7-26)32(37)45-25-24-44-23-22-43-21-20-42-19-18-41-17-16-40-15-14-39-13-12-38-11-10-33-30(35)27-8-4-5-9-28(27)31(33)36/h1-9H,10-25H2. The number of amides is 2. The fourth-order valence-electron chi connectivity index (χ4n) is 3.99. The minimum atomic E-state index is -0.905. The Kier molecular flexibility index (Phi) is 17.6. The lowest BCUT2D eigenvalue weighted by atomic mass is 10.1. The fraction of sp³-hybridized carbons (Fsp3) is 0.500. The first-order chi connectivity index (χ1) is 22.1. The van der Waals surface area contributed by atoms with Crippen molar-refractivity contribution in [2.75, 3.05) is 106 Å². The average molecular weight is 632 g/mol. The number of carbonyl (C=O) groups is 4. The van der Waals surface area contributed by atoms with Crippen molar-refractivity contribution in [3.8, 4) is 0 Å². The van der Waals surface area contributed by atoms with Gasteiger partial charge in [0.05, 0.1) is 110 Å². The molecule has 13 nitrogen and oxygen atoms in total. The van der Waals surface area contributed by atoms with Crippen LogP contribution >= 0.6 is 0 Å². The lowest BCUT2D eigenvalue weighted by Gasteiger charge is -2.13. The maximum Gasteiger partial charge on any atom is 0.379 e. The van der Waals surface area contributed by atoms with Crippen LogP contribution in [0, 0.1) is 0 Å². The maximum absolute atomic E-state index is 12.3. The number of rotatable bonds is 26. The van der Waals surface area contributed by atoms with Crippen LogP contribution in [0.5, 0.6) is 0 Å². The number of hydrogen-bond acceptors (Lipinski definition) is 12. The third-order valence-electron chi connectivity index (χ3n) is 6.25. The molecule has 0 unspecified atom stereocenters. The summed E-state index contributed by atoms with van der Waals surface area (Å²) in [6, 6.07) is 15.0. The molecular weight excluding hydrogens is 590 g/mol. The minimum Gasteiger partial charge on any atom is -0.457 e. The molecule has 0 saturated heterocycles. The second-order valence-corrected chi connectivity index (χ2v) is 9.43. The number of fused-ring (bicyclic) bond motifs is 1. The van der Waals surface area contributed by atoms with Crippen molar-refractivity contribution < 1.29 is 57.1 Å². The van der Waals surface area contributed by atoms with Gasteiger partial charge in [0, 0.05) is 5.56 Å². The highest BCUT2D eigenvalue weighted by Crippen LogP contribution is 2.21. The van der Waals surface area contributed by atoms with Crippen molar-refractivity contribution in [1.29, 1.82) is 0 Å². The van der Waals surface area contributed by atoms with Crippen LogP contribution in [-0.4, -0.2) is 134 Å². The number of ketones is 1. The van der Waals surface area contributed by atoms with Gasteiger partial charge in [0.1, 0.15) is 6.61 Å². The molecular formula is C32H41NO12. The van der Waals surface area contributed by atoms with Gasteiger partial charge < -0.3 is 37.9 Å². The topological polar surface area (TPSA) is 145 Å². The Labute approximate surface area is 262 Å². The van der Waals surface area contributed by atoms with Crippen LogP contribution in [0.4, 0.5) is 0 Å². The Hall–Kier alpha value is -3.56. The molecule has 13 heteroatoms. The van der Waals surface area contributed by atoms with Gasteiger partial charge in [-0.2, -0.15) is 0 Å². The van der Waals surface area contributed by atoms with E-state index in [4.69, 9.17) is 37.9 Å². The predicted molar refractivity (Wildman–Crippen MR) is 159 cm³/mol. The second kappa shape index (κ2) is 22.0. The van der Waals surface area contributed by atoms with Gasteiger partial charge in [-0.3, -0.25) is 19.3 Å². The van der Waals surface area contributed by atoms with E-state index in [0.717, 1.165) is 0 Å². The first-order valence-corrected chi connectivity index (χ1v) is 14.9. The molecule has 2 aromatic rings. The molecule has 0 N–H and O–H groups in total. The Balaban J connectivity index is 0.980. The number of ether oxygens (including phenoxy) is 8. The Morgan fingerprint density at radius 2 is 0.822 bits per heavy atom. The molecule has 0 fully saturated rings. The summed E-state index contributed by atoms with van der Waals surface area (Å²) >= 11 is 0. The first kappa shape index (κ1) is 35.9. The van der Waals surface area contributed by atoms with E-state index in [1.165, 1.54) is 4.90 Å². The molecule has 0 aromatic heterocycles. The van der Waals surface area contributed by atoms with E-state index >= 15 is 0 Å². The van der Waals surface area contributed by atoms with E-state index in [2.05, 4.69) is 0 Å². The van der Waals surface area contributed by atoms with Crippen LogP contribution in [0.15, 0.2) is 54.6 Å². The summed E-state index contributed by atoms with van der Waals surface area (Å²) in [6.07, 6.45) is 0. The molecule has 45 heavy (non-hydrogen) atoms. The quantitative estimate of drug-likeness (QED) is 0.0491. The van der Waals surface area contributed by atoms with Crippen molar-refractivity contribution in [1.82, 2.24) is 4.90 Å². The summed E-state index contributed by atoms with van der Waals surface area (Å²) in [5.41, 5.74) is 1.15. The third-order valence-corrected chi connectivity index (χ3v) is 6.25. The summed E-state index contributed by atoms with van der Waals surface area (Å²) in [5, 5.41) is 0. The van der Waals surface area contributed by atoms with E-state index in [9.17, 15) is 19.2 Å². The maximum atomic E-state index is 12.3. The first-order valence-electron chi connectivity index (χ1n) is 14.9. The van der Waals surface area contributed by atoms with Crippen LogP contribution in [0.1, 0.15) is 31.1 Å². The van der Waals surface area contributed by atoms with Crippen molar-refractivity contribution in [3.63, 3.8) is 0 Å². The molecule has 0 radical (unpaired) electrons. The number of imide groups is 1. The number of carbonyl (C=O) groups excluding carboxylic acids is 4. The molecule has 2 aromatic carbocycles. The number of hydrogen-bond donors (Lipinski definition) is 0. The van der Waals surface area contributed by atoms with Gasteiger partial charge >= 0.3 is 5.97 Å². The molecule has 246 valence electrons. The lowest BCUT2D eigenvalue weighted by molar-refractivity contribution is -0.139. The highest BCUT2D eigenvalue weighted by Gasteiger charge is 2.34. The second-order valence-electron chi connectivity index (χ2n) is 9.43. The van der Waals surface area contributed by atoms with Crippen molar-refractivity contribution in [3.05, 3.63) is 71.3 Å². The number of Topliss-reactive ketones (excluding diaryl/α,β-unsaturated/α-hetero) is 1. The van der Waals surface area contributed by atoms with Gasteiger partial charge in [0.2, 0.25) is 0 Å². The van der Waals surface area contributed by atoms with Crippen molar-refractivity contribution in [2.45, 2.75) is 0 Å². The van der Waals surface area contributed by atoms with Crippen LogP contribution in [0.2, 0.25) is 0 Å². The smallest absolute Gasteiger partial charge is 0.379 e. The number of nitrogens with zero attached hydrogens (tertiary/aromatic N) is 1. The van der Waals surface area contributed by atoms with Crippen molar-refractivity contribution >= 4 is 23.6 Å². The highest BCUT2D eigenvalue weighted by molar-refractivity contribution is 6.40. The third kappa shape index (κ3) is 13.5. The van der Waals surface area contributed by atoms with E-state index < -0.39 is 11.8 Å². The number of esters is 1. The normalized spacial score (nSPS) is 12.5. The molecule has 1 aliphatic heterocycles. The van der Waals surface area contributed by atoms with Gasteiger partial charge in [-0.25, -0.2) is 4.79 Å². The van der Waals surface area contributed by atoms with Gasteiger partial charge in [-0.15, -0.1) is 0 Å². The van der Waals surface area contributed by atoms with Gasteiger partial charge in [-0.1, -0.05) is 42.5 Å². The molecule has 2 amide bonds. The molecule has 0 spiro atoms. The summed E-state index contributed by atoms with van der Waals surface area (Å²) in [5.74, 6) is -2.16. The molecule has 1 aliphatic rings. The van der Waals surface area contributed by atoms with E-state index in [1.807, 2.05) is 0 Å². The average Bonchev–Trinajstić information content (AvgIpc) is 3.31. The molecule has 0 saturated carbocycles. The molecule has 0 aliphatic carbocycles. The monoisotopic (exact) mass is 631 g/mol. The summed E-state index contributed by atoms with van der Waals surface area (Å²) in [4.78, 5) is 49.4. The Bertz CT molecular complexity index is 1140.